The molecule has 2 heterocycles. The van der Waals surface area contributed by atoms with Gasteiger partial charge in [-0.1, -0.05) is 29.5 Å². The number of quaternary nitrogens is 1. The molecule has 0 bridgehead atoms. The molecule has 0 saturated carbocycles. The molecule has 1 N–H and O–H groups in total. The molecule has 0 aromatic heterocycles. The number of likely N-dealkylation sites (tertiary alicyclic amines) is 1. The van der Waals surface area contributed by atoms with Crippen molar-refractivity contribution in [1.29, 1.82) is 0 Å². The van der Waals surface area contributed by atoms with E-state index in [1.54, 1.807) is 24.3 Å². The van der Waals surface area contributed by atoms with Crippen LogP contribution in [0, 0.1) is 0 Å². The molecule has 1 amide bonds. The van der Waals surface area contributed by atoms with Crippen LogP contribution >= 0.6 is 11.6 Å². The predicted molar refractivity (Wildman–Crippen MR) is 130 cm³/mol. The van der Waals surface area contributed by atoms with Crippen molar-refractivity contribution < 1.29 is 38.5 Å². The number of benzene rings is 2. The number of rotatable bonds is 8. The number of nitrogens with zero attached hydrogens (tertiary/aromatic N) is 1. The highest BCUT2D eigenvalue weighted by molar-refractivity contribution is 6.46. The zero-order valence-electron chi connectivity index (χ0n) is 20.5. The molecule has 9 nitrogen and oxygen atoms in total. The lowest BCUT2D eigenvalue weighted by molar-refractivity contribution is -0.907. The van der Waals surface area contributed by atoms with E-state index in [1.807, 2.05) is 0 Å². The Bertz CT molecular complexity index is 1180. The fourth-order valence-electron chi connectivity index (χ4n) is 4.62. The van der Waals surface area contributed by atoms with Gasteiger partial charge in [-0.3, -0.25) is 9.59 Å². The Labute approximate surface area is 214 Å². The van der Waals surface area contributed by atoms with Crippen molar-refractivity contribution in [2.75, 3.05) is 60.7 Å². The van der Waals surface area contributed by atoms with E-state index in [4.69, 9.17) is 30.5 Å². The lowest BCUT2D eigenvalue weighted by Crippen LogP contribution is -3.14. The van der Waals surface area contributed by atoms with E-state index in [0.29, 0.717) is 49.1 Å². The lowest BCUT2D eigenvalue weighted by atomic mass is 9.95. The van der Waals surface area contributed by atoms with E-state index >= 15 is 0 Å². The van der Waals surface area contributed by atoms with Crippen molar-refractivity contribution in [2.24, 2.45) is 0 Å². The molecule has 36 heavy (non-hydrogen) atoms. The highest BCUT2D eigenvalue weighted by atomic mass is 35.5. The number of ether oxygens (including phenoxy) is 4. The van der Waals surface area contributed by atoms with E-state index < -0.39 is 23.5 Å². The van der Waals surface area contributed by atoms with Crippen LogP contribution in [0.4, 0.5) is 0 Å². The molecule has 1 unspecified atom stereocenters. The summed E-state index contributed by atoms with van der Waals surface area (Å²) in [6.45, 7) is 3.86. The second-order valence-electron chi connectivity index (χ2n) is 8.55. The zero-order chi connectivity index (χ0) is 25.8. The number of morpholine rings is 1. The number of methoxy groups -OCH3 is 3. The zero-order valence-corrected chi connectivity index (χ0v) is 21.2. The first kappa shape index (κ1) is 25.8. The van der Waals surface area contributed by atoms with Gasteiger partial charge in [0.2, 0.25) is 5.78 Å². The van der Waals surface area contributed by atoms with Crippen molar-refractivity contribution in [3.05, 3.63) is 58.1 Å². The van der Waals surface area contributed by atoms with Gasteiger partial charge >= 0.3 is 0 Å². The number of carbonyl (C=O) groups excluding carboxylic acids is 2. The first-order chi connectivity index (χ1) is 17.4. The molecule has 2 aromatic rings. The Morgan fingerprint density at radius 1 is 1.03 bits per heavy atom. The van der Waals surface area contributed by atoms with Crippen molar-refractivity contribution in [3.8, 4) is 17.2 Å². The minimum atomic E-state index is -0.876. The minimum absolute atomic E-state index is 0.120. The van der Waals surface area contributed by atoms with Crippen molar-refractivity contribution in [3.63, 3.8) is 0 Å². The summed E-state index contributed by atoms with van der Waals surface area (Å²) >= 11 is 6.24. The van der Waals surface area contributed by atoms with Gasteiger partial charge in [-0.2, -0.15) is 0 Å². The van der Waals surface area contributed by atoms with Gasteiger partial charge < -0.3 is 33.9 Å². The molecule has 0 spiro atoms. The number of amides is 1. The van der Waals surface area contributed by atoms with E-state index in [0.717, 1.165) is 13.1 Å². The molecule has 1 atom stereocenters. The van der Waals surface area contributed by atoms with Crippen LogP contribution in [0.1, 0.15) is 17.2 Å². The third-order valence-electron chi connectivity index (χ3n) is 6.57. The maximum Gasteiger partial charge on any atom is 0.295 e. The molecule has 192 valence electrons. The van der Waals surface area contributed by atoms with Crippen LogP contribution in [0.15, 0.2) is 42.0 Å². The van der Waals surface area contributed by atoms with Crippen LogP contribution < -0.4 is 24.2 Å². The quantitative estimate of drug-likeness (QED) is 0.310. The number of nitrogens with one attached hydrogen (secondary N) is 1. The molecule has 0 aliphatic carbocycles. The summed E-state index contributed by atoms with van der Waals surface area (Å²) in [6, 6.07) is 8.78. The average molecular weight is 517 g/mol. The summed E-state index contributed by atoms with van der Waals surface area (Å²) in [7, 11) is 4.49. The Kier molecular flexibility index (Phi) is 8.03. The maximum absolute atomic E-state index is 13.7. The molecule has 10 heteroatoms. The molecule has 4 rings (SSSR count). The maximum atomic E-state index is 13.7. The highest BCUT2D eigenvalue weighted by Gasteiger charge is 2.44. The van der Waals surface area contributed by atoms with E-state index in [2.05, 4.69) is 0 Å². The van der Waals surface area contributed by atoms with E-state index in [-0.39, 0.29) is 16.2 Å². The molecule has 2 aromatic carbocycles. The normalized spacial score (nSPS) is 20.0. The number of hydrogen-bond donors (Lipinski definition) is 1. The second-order valence-corrected chi connectivity index (χ2v) is 8.96. The number of Topliss-reactive ketones (excluding diaryl/α,β-unsaturated/α-hetero) is 1. The Morgan fingerprint density at radius 2 is 1.69 bits per heavy atom. The standard InChI is InChI=1S/C26H29ClN2O7/c1-33-19-6-5-17(14-18(19)27)24(30)22-23(16-4-7-20(34-2)21(15-16)35-3)29(26(32)25(22)31)9-8-28-10-12-36-13-11-28/h4-7,14-15,23,30H,8-13H2,1-3H3/b24-22+. The second kappa shape index (κ2) is 11.2. The van der Waals surface area contributed by atoms with Gasteiger partial charge in [0.1, 0.15) is 18.8 Å². The van der Waals surface area contributed by atoms with Gasteiger partial charge in [0.15, 0.2) is 11.5 Å². The summed E-state index contributed by atoms with van der Waals surface area (Å²) in [4.78, 5) is 29.2. The largest absolute Gasteiger partial charge is 0.872 e. The number of ketones is 1. The molecular formula is C26H29ClN2O7. The van der Waals surface area contributed by atoms with Crippen LogP contribution in [0.3, 0.4) is 0 Å². The minimum Gasteiger partial charge on any atom is -0.872 e. The monoisotopic (exact) mass is 516 g/mol. The topological polar surface area (TPSA) is 102 Å². The van der Waals surface area contributed by atoms with Crippen molar-refractivity contribution in [1.82, 2.24) is 4.90 Å². The van der Waals surface area contributed by atoms with Crippen molar-refractivity contribution in [2.45, 2.75) is 6.04 Å². The Hall–Kier alpha value is -3.27. The highest BCUT2D eigenvalue weighted by Crippen LogP contribution is 2.41. The summed E-state index contributed by atoms with van der Waals surface area (Å²) in [6.07, 6.45) is 0. The van der Waals surface area contributed by atoms with Crippen LogP contribution in [-0.2, 0) is 14.3 Å². The van der Waals surface area contributed by atoms with Gasteiger partial charge in [0, 0.05) is 5.57 Å². The molecule has 2 fully saturated rings. The number of hydrogen-bond acceptors (Lipinski definition) is 7. The van der Waals surface area contributed by atoms with Gasteiger partial charge in [-0.05, 0) is 35.4 Å². The Balaban J connectivity index is 1.79. The van der Waals surface area contributed by atoms with Crippen LogP contribution in [0.5, 0.6) is 17.2 Å². The Morgan fingerprint density at radius 3 is 2.33 bits per heavy atom. The van der Waals surface area contributed by atoms with Gasteiger partial charge in [0.05, 0.1) is 58.7 Å². The third kappa shape index (κ3) is 5.00. The molecule has 2 saturated heterocycles. The van der Waals surface area contributed by atoms with Gasteiger partial charge in [-0.25, -0.2) is 0 Å². The lowest BCUT2D eigenvalue weighted by Gasteiger charge is -2.30. The van der Waals surface area contributed by atoms with Crippen LogP contribution in [-0.4, -0.2) is 77.3 Å². The summed E-state index contributed by atoms with van der Waals surface area (Å²) in [5.74, 6) is -0.748. The van der Waals surface area contributed by atoms with Gasteiger partial charge in [0.25, 0.3) is 5.91 Å². The molecular weight excluding hydrogens is 488 g/mol. The average Bonchev–Trinajstić information content (AvgIpc) is 3.16. The summed E-state index contributed by atoms with van der Waals surface area (Å²) in [5.41, 5.74) is 0.653. The predicted octanol–water partition coefficient (Wildman–Crippen LogP) is 0.505. The number of carbonyl (C=O) groups is 2. The summed E-state index contributed by atoms with van der Waals surface area (Å²) in [5, 5.41) is 13.9. The van der Waals surface area contributed by atoms with Gasteiger partial charge in [-0.15, -0.1) is 0 Å². The van der Waals surface area contributed by atoms with Crippen molar-refractivity contribution >= 4 is 29.1 Å². The first-order valence-corrected chi connectivity index (χ1v) is 12.0. The van der Waals surface area contributed by atoms with Crippen LogP contribution in [0.25, 0.3) is 5.76 Å². The van der Waals surface area contributed by atoms with E-state index in [9.17, 15) is 14.7 Å². The summed E-state index contributed by atoms with van der Waals surface area (Å²) < 4.78 is 21.4. The molecule has 0 radical (unpaired) electrons. The third-order valence-corrected chi connectivity index (χ3v) is 6.87. The smallest absolute Gasteiger partial charge is 0.295 e. The fraction of sp³-hybridized carbons (Fsp3) is 0.385. The molecule has 2 aliphatic heterocycles. The number of halogens is 1. The first-order valence-electron chi connectivity index (χ1n) is 11.6. The fourth-order valence-corrected chi connectivity index (χ4v) is 4.88. The molecule has 2 aliphatic rings. The SMILES string of the molecule is COc1ccc(/C([O-])=C2\C(=O)C(=O)N(CC[NH+]3CCOCC3)C2c2ccc(OC)c(OC)c2)cc1Cl. The van der Waals surface area contributed by atoms with E-state index in [1.165, 1.54) is 43.3 Å². The van der Waals surface area contributed by atoms with Crippen LogP contribution in [0.2, 0.25) is 5.02 Å².